The molecule has 0 fully saturated rings. The number of allylic oxidation sites excluding steroid dienone is 1. The van der Waals surface area contributed by atoms with Crippen LogP contribution in [0.25, 0.3) is 0 Å². The summed E-state index contributed by atoms with van der Waals surface area (Å²) >= 11 is 6.38. The normalized spacial score (nSPS) is 16.4. The highest BCUT2D eigenvalue weighted by atomic mass is 35.5. The molecule has 0 saturated heterocycles. The van der Waals surface area contributed by atoms with Crippen LogP contribution >= 0.6 is 11.6 Å². The number of nitrogens with one attached hydrogen (secondary N) is 2. The maximum Gasteiger partial charge on any atom is 0.433 e. The second kappa shape index (κ2) is 12.3. The predicted molar refractivity (Wildman–Crippen MR) is 134 cm³/mol. The van der Waals surface area contributed by atoms with Crippen LogP contribution in [0.1, 0.15) is 60.8 Å². The predicted octanol–water partition coefficient (Wildman–Crippen LogP) is 5.95. The number of amides is 1. The monoisotopic (exact) mass is 539 g/mol. The lowest BCUT2D eigenvalue weighted by atomic mass is 9.89. The van der Waals surface area contributed by atoms with Crippen molar-refractivity contribution in [2.24, 2.45) is 5.92 Å². The quantitative estimate of drug-likeness (QED) is 0.302. The number of carbonyl (C=O) groups excluding carboxylic acids is 2. The van der Waals surface area contributed by atoms with Crippen LogP contribution in [0.4, 0.5) is 18.9 Å². The average molecular weight is 540 g/mol. The van der Waals surface area contributed by atoms with Crippen molar-refractivity contribution in [2.75, 3.05) is 25.6 Å². The Bertz CT molecular complexity index is 1170. The second-order valence-corrected chi connectivity index (χ2v) is 9.05. The summed E-state index contributed by atoms with van der Waals surface area (Å²) < 4.78 is 49.6. The number of rotatable bonds is 9. The van der Waals surface area contributed by atoms with E-state index in [-0.39, 0.29) is 34.1 Å². The molecule has 0 radical (unpaired) electrons. The first kappa shape index (κ1) is 28.3. The number of alkyl halides is 3. The molecule has 200 valence electrons. The van der Waals surface area contributed by atoms with Crippen LogP contribution in [0, 0.1) is 5.92 Å². The number of pyridine rings is 1. The van der Waals surface area contributed by atoms with Gasteiger partial charge in [0.15, 0.2) is 0 Å². The van der Waals surface area contributed by atoms with E-state index in [0.717, 1.165) is 17.8 Å². The molecule has 11 heteroatoms. The molecule has 1 amide bonds. The highest BCUT2D eigenvalue weighted by molar-refractivity contribution is 6.33. The third-order valence-corrected chi connectivity index (χ3v) is 6.39. The minimum atomic E-state index is -4.59. The highest BCUT2D eigenvalue weighted by Gasteiger charge is 2.33. The van der Waals surface area contributed by atoms with Gasteiger partial charge in [0.25, 0.3) is 5.91 Å². The lowest BCUT2D eigenvalue weighted by Gasteiger charge is -2.21. The molecule has 2 N–H and O–H groups in total. The van der Waals surface area contributed by atoms with Crippen LogP contribution in [0.5, 0.6) is 5.75 Å². The number of anilines is 1. The molecule has 1 aromatic carbocycles. The number of methoxy groups -OCH3 is 1. The second-order valence-electron chi connectivity index (χ2n) is 8.64. The van der Waals surface area contributed by atoms with Crippen LogP contribution in [0.3, 0.4) is 0 Å². The molecule has 0 saturated carbocycles. The highest BCUT2D eigenvalue weighted by Crippen LogP contribution is 2.35. The van der Waals surface area contributed by atoms with Crippen LogP contribution in [-0.4, -0.2) is 37.1 Å². The number of halogens is 4. The maximum absolute atomic E-state index is 13.1. The summed E-state index contributed by atoms with van der Waals surface area (Å²) in [5, 5.41) is 6.15. The van der Waals surface area contributed by atoms with Gasteiger partial charge in [0.2, 0.25) is 0 Å². The summed E-state index contributed by atoms with van der Waals surface area (Å²) in [7, 11) is 1.35. The van der Waals surface area contributed by atoms with E-state index in [1.54, 1.807) is 26.0 Å². The lowest BCUT2D eigenvalue weighted by molar-refractivity contribution is -0.148. The summed E-state index contributed by atoms with van der Waals surface area (Å²) in [6.07, 6.45) is 0.358. The molecule has 0 bridgehead atoms. The van der Waals surface area contributed by atoms with Crippen molar-refractivity contribution in [3.05, 3.63) is 64.0 Å². The minimum Gasteiger partial charge on any atom is -0.495 e. The van der Waals surface area contributed by atoms with Gasteiger partial charge in [0.1, 0.15) is 11.4 Å². The van der Waals surface area contributed by atoms with E-state index >= 15 is 0 Å². The van der Waals surface area contributed by atoms with Crippen LogP contribution in [0.2, 0.25) is 5.02 Å². The Morgan fingerprint density at radius 1 is 1.27 bits per heavy atom. The van der Waals surface area contributed by atoms with Gasteiger partial charge in [-0.3, -0.25) is 9.59 Å². The number of hydrogen-bond acceptors (Lipinski definition) is 6. The zero-order valence-corrected chi connectivity index (χ0v) is 21.5. The smallest absolute Gasteiger partial charge is 0.433 e. The maximum atomic E-state index is 13.1. The number of benzene rings is 1. The van der Waals surface area contributed by atoms with Gasteiger partial charge in [-0.25, -0.2) is 4.98 Å². The molecule has 1 unspecified atom stereocenters. The van der Waals surface area contributed by atoms with Gasteiger partial charge < -0.3 is 20.1 Å². The Balaban J connectivity index is 1.62. The number of carbonyl (C=O) groups is 2. The Kier molecular flexibility index (Phi) is 9.42. The molecule has 7 nitrogen and oxygen atoms in total. The minimum absolute atomic E-state index is 0.146. The summed E-state index contributed by atoms with van der Waals surface area (Å²) in [4.78, 5) is 27.9. The van der Waals surface area contributed by atoms with Crippen molar-refractivity contribution in [3.8, 4) is 5.75 Å². The fourth-order valence-electron chi connectivity index (χ4n) is 4.03. The number of ether oxygens (including phenoxy) is 2. The Hall–Kier alpha value is -3.27. The van der Waals surface area contributed by atoms with Crippen molar-refractivity contribution < 1.29 is 32.2 Å². The first-order valence-corrected chi connectivity index (χ1v) is 12.2. The third-order valence-electron chi connectivity index (χ3n) is 6.08. The van der Waals surface area contributed by atoms with Gasteiger partial charge in [0.05, 0.1) is 42.6 Å². The number of nitrogens with zero attached hydrogens (tertiary/aromatic N) is 1. The molecule has 3 rings (SSSR count). The van der Waals surface area contributed by atoms with Crippen molar-refractivity contribution in [1.82, 2.24) is 10.3 Å². The first-order chi connectivity index (χ1) is 17.5. The number of hydrogen-bond donors (Lipinski definition) is 2. The summed E-state index contributed by atoms with van der Waals surface area (Å²) in [6.45, 7) is 4.15. The Morgan fingerprint density at radius 3 is 2.62 bits per heavy atom. The van der Waals surface area contributed by atoms with E-state index in [2.05, 4.69) is 15.6 Å². The zero-order chi connectivity index (χ0) is 27.2. The van der Waals surface area contributed by atoms with Gasteiger partial charge >= 0.3 is 12.1 Å². The molecule has 0 aliphatic heterocycles. The summed E-state index contributed by atoms with van der Waals surface area (Å²) in [6, 6.07) is 4.99. The fourth-order valence-corrected chi connectivity index (χ4v) is 4.26. The Labute approximate surface area is 218 Å². The fraction of sp³-hybridized carbons (Fsp3) is 0.423. The molecular formula is C26H29ClF3N3O4. The molecule has 1 heterocycles. The van der Waals surface area contributed by atoms with Crippen LogP contribution < -0.4 is 15.4 Å². The third kappa shape index (κ3) is 7.38. The summed E-state index contributed by atoms with van der Waals surface area (Å²) in [5.74, 6) is -0.457. The molecule has 1 aliphatic carbocycles. The SMILES string of the molecule is CCOC(=O)C1CC=C(CNC(=O)c2ccc(N[C@@H](C)c3cc(C(F)(F)F)ncc3OC)c(Cl)c2)CC1. The molecule has 2 atom stereocenters. The van der Waals surface area contributed by atoms with Gasteiger partial charge in [-0.05, 0) is 57.4 Å². The van der Waals surface area contributed by atoms with Crippen molar-refractivity contribution >= 4 is 29.2 Å². The average Bonchev–Trinajstić information content (AvgIpc) is 2.87. The van der Waals surface area contributed by atoms with Crippen LogP contribution in [-0.2, 0) is 15.7 Å². The molecule has 37 heavy (non-hydrogen) atoms. The first-order valence-electron chi connectivity index (χ1n) is 11.8. The number of esters is 1. The van der Waals surface area contributed by atoms with E-state index in [1.165, 1.54) is 13.2 Å². The standard InChI is InChI=1S/C26H29ClF3N3O4/c1-4-37-25(35)17-7-5-16(6-8-17)13-32-24(34)18-9-10-21(20(27)11-18)33-15(2)19-12-23(26(28,29)30)31-14-22(19)36-3/h5,9-12,14-15,17,33H,4,6-8,13H2,1-3H3,(H,32,34)/t15-,17?/m0/s1. The van der Waals surface area contributed by atoms with Gasteiger partial charge in [-0.2, -0.15) is 13.2 Å². The van der Waals surface area contributed by atoms with Crippen molar-refractivity contribution in [3.63, 3.8) is 0 Å². The van der Waals surface area contributed by atoms with E-state index < -0.39 is 17.9 Å². The molecule has 1 aliphatic rings. The largest absolute Gasteiger partial charge is 0.495 e. The van der Waals surface area contributed by atoms with Gasteiger partial charge in [-0.15, -0.1) is 0 Å². The summed E-state index contributed by atoms with van der Waals surface area (Å²) in [5.41, 5.74) is 1.05. The molecule has 2 aromatic rings. The Morgan fingerprint density at radius 2 is 2.03 bits per heavy atom. The topological polar surface area (TPSA) is 89.5 Å². The van der Waals surface area contributed by atoms with Gasteiger partial charge in [-0.1, -0.05) is 23.3 Å². The zero-order valence-electron chi connectivity index (χ0n) is 20.7. The molecule has 1 aromatic heterocycles. The van der Waals surface area contributed by atoms with E-state index in [0.29, 0.717) is 43.7 Å². The lowest BCUT2D eigenvalue weighted by Crippen LogP contribution is -2.27. The van der Waals surface area contributed by atoms with Crippen molar-refractivity contribution in [1.29, 1.82) is 0 Å². The van der Waals surface area contributed by atoms with E-state index in [4.69, 9.17) is 21.1 Å². The molecule has 0 spiro atoms. The number of aromatic nitrogens is 1. The van der Waals surface area contributed by atoms with E-state index in [1.807, 2.05) is 6.08 Å². The van der Waals surface area contributed by atoms with Crippen LogP contribution in [0.15, 0.2) is 42.1 Å². The van der Waals surface area contributed by atoms with Crippen molar-refractivity contribution in [2.45, 2.75) is 45.3 Å². The van der Waals surface area contributed by atoms with Gasteiger partial charge in [0, 0.05) is 17.7 Å². The molecular weight excluding hydrogens is 511 g/mol. The van der Waals surface area contributed by atoms with E-state index in [9.17, 15) is 22.8 Å².